The van der Waals surface area contributed by atoms with Gasteiger partial charge >= 0.3 is 0 Å². The largest absolute Gasteiger partial charge is 0.392 e. The molecule has 432 valence electrons. The first kappa shape index (κ1) is 58.3. The zero-order valence-electron chi connectivity index (χ0n) is 49.1. The molecule has 10 rings (SSSR count). The number of ether oxygens (including phenoxy) is 7. The monoisotopic (exact) mass is 1080 g/mol. The second kappa shape index (κ2) is 22.0. The number of hydrogen-bond donors (Lipinski definition) is 3. The number of rotatable bonds is 14. The minimum atomic E-state index is -1.21. The molecule has 2 aromatic carbocycles. The maximum Gasteiger partial charge on any atom is 0.187 e. The van der Waals surface area contributed by atoms with Crippen LogP contribution in [0.25, 0.3) is 0 Å². The third-order valence-electron chi connectivity index (χ3n) is 23.6. The van der Waals surface area contributed by atoms with E-state index in [1.807, 2.05) is 67.6 Å². The molecule has 0 aromatic heterocycles. The van der Waals surface area contributed by atoms with Gasteiger partial charge in [0.2, 0.25) is 0 Å². The van der Waals surface area contributed by atoms with Crippen LogP contribution in [0.3, 0.4) is 0 Å². The Bertz CT molecular complexity index is 2450. The fourth-order valence-electron chi connectivity index (χ4n) is 17.8. The summed E-state index contributed by atoms with van der Waals surface area (Å²) in [5, 5.41) is 37.3. The number of carbonyl (C=O) groups is 2. The Labute approximate surface area is 466 Å². The van der Waals surface area contributed by atoms with Crippen molar-refractivity contribution in [2.75, 3.05) is 13.2 Å². The molecule has 8 aliphatic rings. The van der Waals surface area contributed by atoms with Gasteiger partial charge in [0, 0.05) is 12.3 Å². The van der Waals surface area contributed by atoms with Gasteiger partial charge in [-0.2, -0.15) is 0 Å². The fraction of sp³-hybridized carbons (Fsp3) is 0.758. The Hall–Kier alpha value is -2.88. The highest BCUT2D eigenvalue weighted by molar-refractivity contribution is 5.84. The van der Waals surface area contributed by atoms with Crippen LogP contribution < -0.4 is 0 Å². The minimum absolute atomic E-state index is 0.00618. The number of aliphatic hydroxyl groups is 3. The highest BCUT2D eigenvalue weighted by atomic mass is 16.8. The summed E-state index contributed by atoms with van der Waals surface area (Å²) in [7, 11) is 0. The van der Waals surface area contributed by atoms with Crippen LogP contribution in [-0.4, -0.2) is 108 Å². The van der Waals surface area contributed by atoms with Crippen molar-refractivity contribution in [2.24, 2.45) is 79.8 Å². The molecule has 0 amide bonds. The molecule has 9 unspecified atom stereocenters. The van der Waals surface area contributed by atoms with Crippen LogP contribution in [0.4, 0.5) is 0 Å². The van der Waals surface area contributed by atoms with E-state index in [1.54, 1.807) is 6.92 Å². The number of aldehydes is 1. The second-order valence-corrected chi connectivity index (χ2v) is 28.3. The lowest BCUT2D eigenvalue weighted by Gasteiger charge is -2.71. The van der Waals surface area contributed by atoms with Crippen molar-refractivity contribution in [1.82, 2.24) is 0 Å². The number of carbonyl (C=O) groups excluding carboxylic acids is 2. The molecule has 0 radical (unpaired) electrons. The molecule has 7 fully saturated rings. The molecule has 5 aliphatic carbocycles. The average molecular weight is 1080 g/mol. The first-order valence-electron chi connectivity index (χ1n) is 30.2. The van der Waals surface area contributed by atoms with Crippen molar-refractivity contribution in [1.29, 1.82) is 0 Å². The number of fused-ring (bicyclic) bond motifs is 7. The molecular formula is C66H96O12. The Kier molecular flexibility index (Phi) is 16.5. The average Bonchev–Trinajstić information content (AvgIpc) is 3.50. The van der Waals surface area contributed by atoms with Crippen LogP contribution in [0.1, 0.15) is 152 Å². The van der Waals surface area contributed by atoms with Crippen molar-refractivity contribution >= 4 is 12.1 Å². The number of hydrogen-bond acceptors (Lipinski definition) is 12. The summed E-state index contributed by atoms with van der Waals surface area (Å²) < 4.78 is 48.2. The summed E-state index contributed by atoms with van der Waals surface area (Å²) in [6, 6.07) is 20.0. The Morgan fingerprint density at radius 2 is 1.36 bits per heavy atom. The maximum atomic E-state index is 14.3. The summed E-state index contributed by atoms with van der Waals surface area (Å²) in [6.45, 7) is 27.5. The molecule has 0 bridgehead atoms. The Morgan fingerprint density at radius 1 is 0.692 bits per heavy atom. The highest BCUT2D eigenvalue weighted by Crippen LogP contribution is 2.76. The third-order valence-corrected chi connectivity index (χ3v) is 23.6. The number of Topliss-reactive ketones (excluding diaryl/α,β-unsaturated/α-hetero) is 1. The van der Waals surface area contributed by atoms with Crippen molar-refractivity contribution in [3.63, 3.8) is 0 Å². The standard InChI is InChI=1S/C66H96O12/c1-38-34-73-58(42(5)39(38)2)77-56-55(71)48(31-44-19-15-13-16-20-44)74-60(57(56)78-59-54(70)41(4)40(3)49(75-59)36-72-35-45-21-17-14-18-22-45)76-53-26-27-62(9)50(63(53,10)37-67)25-28-64(11)51(62)24-23-46-47-32-61(7,8)29-30-66(47,43(6)68)52(69)33-65(46,64)12/h13-23,37-42,47-60,69-71H,24-36H2,1-12H3/t38-,39+,40-,41+,42?,47?,48?,49?,50-,51?,52?,53+,54?,55-,56+,57?,58+,59+,60+,62?,63-,64+,65-,66-/m1/s1. The van der Waals surface area contributed by atoms with Gasteiger partial charge in [0.05, 0.1) is 55.1 Å². The molecule has 3 aliphatic heterocycles. The quantitative estimate of drug-likeness (QED) is 0.0935. The van der Waals surface area contributed by atoms with Crippen LogP contribution in [0.15, 0.2) is 72.3 Å². The van der Waals surface area contributed by atoms with Gasteiger partial charge in [-0.3, -0.25) is 4.79 Å². The maximum absolute atomic E-state index is 14.3. The van der Waals surface area contributed by atoms with Gasteiger partial charge in [-0.25, -0.2) is 0 Å². The van der Waals surface area contributed by atoms with E-state index in [4.69, 9.17) is 33.2 Å². The van der Waals surface area contributed by atoms with Crippen LogP contribution in [0.5, 0.6) is 0 Å². The minimum Gasteiger partial charge on any atom is -0.392 e. The van der Waals surface area contributed by atoms with E-state index in [0.717, 1.165) is 55.9 Å². The summed E-state index contributed by atoms with van der Waals surface area (Å²) >= 11 is 0. The van der Waals surface area contributed by atoms with Crippen LogP contribution in [-0.2, 0) is 55.8 Å². The van der Waals surface area contributed by atoms with E-state index >= 15 is 0 Å². The van der Waals surface area contributed by atoms with Crippen molar-refractivity contribution in [3.8, 4) is 0 Å². The van der Waals surface area contributed by atoms with E-state index in [9.17, 15) is 24.9 Å². The molecule has 78 heavy (non-hydrogen) atoms. The molecule has 0 spiro atoms. The van der Waals surface area contributed by atoms with Crippen LogP contribution in [0.2, 0.25) is 0 Å². The van der Waals surface area contributed by atoms with E-state index in [0.29, 0.717) is 44.8 Å². The number of benzene rings is 2. The third kappa shape index (κ3) is 9.89. The molecule has 3 heterocycles. The van der Waals surface area contributed by atoms with Gasteiger partial charge < -0.3 is 53.3 Å². The zero-order chi connectivity index (χ0) is 55.9. The summed E-state index contributed by atoms with van der Waals surface area (Å²) in [6.07, 6.45) is 0.924. The molecule has 12 heteroatoms. The van der Waals surface area contributed by atoms with Gasteiger partial charge in [0.1, 0.15) is 36.5 Å². The van der Waals surface area contributed by atoms with Gasteiger partial charge in [-0.1, -0.05) is 148 Å². The van der Waals surface area contributed by atoms with E-state index in [1.165, 1.54) is 5.57 Å². The zero-order valence-corrected chi connectivity index (χ0v) is 49.1. The smallest absolute Gasteiger partial charge is 0.187 e. The number of ketones is 1. The Balaban J connectivity index is 0.978. The normalized spacial score (nSPS) is 48.0. The van der Waals surface area contributed by atoms with E-state index < -0.39 is 78.5 Å². The summed E-state index contributed by atoms with van der Waals surface area (Å²) in [5.41, 5.74) is 0.937. The molecular weight excluding hydrogens is 985 g/mol. The summed E-state index contributed by atoms with van der Waals surface area (Å²) in [5.74, 6) is 0.482. The van der Waals surface area contributed by atoms with Gasteiger partial charge in [-0.15, -0.1) is 0 Å². The van der Waals surface area contributed by atoms with Crippen molar-refractivity contribution in [3.05, 3.63) is 83.4 Å². The lowest BCUT2D eigenvalue weighted by molar-refractivity contribution is -0.387. The molecule has 24 atom stereocenters. The number of allylic oxidation sites excluding steroid dienone is 2. The summed E-state index contributed by atoms with van der Waals surface area (Å²) in [4.78, 5) is 28.2. The van der Waals surface area contributed by atoms with E-state index in [2.05, 4.69) is 75.3 Å². The topological polar surface area (TPSA) is 159 Å². The Morgan fingerprint density at radius 3 is 2.04 bits per heavy atom. The molecule has 2 aromatic rings. The van der Waals surface area contributed by atoms with Crippen LogP contribution >= 0.6 is 0 Å². The highest BCUT2D eigenvalue weighted by Gasteiger charge is 2.71. The second-order valence-electron chi connectivity index (χ2n) is 28.3. The van der Waals surface area contributed by atoms with Gasteiger partial charge in [-0.05, 0) is 139 Å². The lowest BCUT2D eigenvalue weighted by Crippen LogP contribution is -2.68. The number of aliphatic hydroxyl groups excluding tert-OH is 3. The van der Waals surface area contributed by atoms with E-state index in [-0.39, 0.29) is 75.5 Å². The first-order chi connectivity index (χ1) is 36.9. The SMILES string of the molecule is CC(=O)[C@]12CCC(C)(C)CC1C1=CCC3C4(C)CC[C@H](O[C@@H]5OC(Cc6ccccc6)[C@@H](O)[C@H](O[C@@H]6OC[C@@H](C)[C@H](C)C6C)C5O[C@@H]5OC(COCc6ccccc6)[C@H](C)[C@H](C)C5O)[C@](C)(C=O)[C@@H]4CC[C@]3(C)[C@]1(C)CC2O. The van der Waals surface area contributed by atoms with Gasteiger partial charge in [0.25, 0.3) is 0 Å². The van der Waals surface area contributed by atoms with Crippen molar-refractivity contribution in [2.45, 2.75) is 222 Å². The predicted molar refractivity (Wildman–Crippen MR) is 297 cm³/mol. The fourth-order valence-corrected chi connectivity index (χ4v) is 17.8. The molecule has 4 saturated carbocycles. The predicted octanol–water partition coefficient (Wildman–Crippen LogP) is 10.9. The molecule has 3 N–H and O–H groups in total. The molecule has 12 nitrogen and oxygen atoms in total. The lowest BCUT2D eigenvalue weighted by atomic mass is 9.33. The van der Waals surface area contributed by atoms with Gasteiger partial charge in [0.15, 0.2) is 18.9 Å². The first-order valence-corrected chi connectivity index (χ1v) is 30.2. The molecule has 3 saturated heterocycles. The van der Waals surface area contributed by atoms with Crippen LogP contribution in [0, 0.1) is 79.8 Å². The van der Waals surface area contributed by atoms with Crippen molar-refractivity contribution < 1.29 is 58.1 Å².